The lowest BCUT2D eigenvalue weighted by Gasteiger charge is -2.20. The van der Waals surface area contributed by atoms with Crippen molar-refractivity contribution in [3.05, 3.63) is 113 Å². The summed E-state index contributed by atoms with van der Waals surface area (Å²) in [6.07, 6.45) is 4.84. The molecule has 2 aromatic carbocycles. The van der Waals surface area contributed by atoms with Crippen LogP contribution < -0.4 is 5.43 Å². The summed E-state index contributed by atoms with van der Waals surface area (Å²) in [7, 11) is 0. The molecule has 0 aliphatic rings. The van der Waals surface area contributed by atoms with Crippen LogP contribution in [-0.4, -0.2) is 9.74 Å². The van der Waals surface area contributed by atoms with Gasteiger partial charge in [-0.3, -0.25) is 4.79 Å². The molecule has 6 heteroatoms. The minimum Gasteiger partial charge on any atom is -0.458 e. The molecule has 0 bridgehead atoms. The highest BCUT2D eigenvalue weighted by molar-refractivity contribution is 6.69. The van der Waals surface area contributed by atoms with E-state index in [2.05, 4.69) is 18.2 Å². The summed E-state index contributed by atoms with van der Waals surface area (Å²) in [4.78, 5) is 17.6. The van der Waals surface area contributed by atoms with Gasteiger partial charge in [-0.25, -0.2) is 9.38 Å². The minimum atomic E-state index is -0.469. The zero-order chi connectivity index (χ0) is 22.8. The van der Waals surface area contributed by atoms with E-state index in [1.54, 1.807) is 42.5 Å². The van der Waals surface area contributed by atoms with Crippen LogP contribution in [0.2, 0.25) is 0 Å². The number of nitrogens with zero attached hydrogens (tertiary/aromatic N) is 2. The first kappa shape index (κ1) is 21.5. The number of hydrogen-bond acceptors (Lipinski definition) is 3. The van der Waals surface area contributed by atoms with Crippen LogP contribution in [0.3, 0.4) is 0 Å². The fourth-order valence-corrected chi connectivity index (χ4v) is 4.09. The van der Waals surface area contributed by atoms with Gasteiger partial charge >= 0.3 is 0 Å². The molecule has 0 aliphatic carbocycles. The van der Waals surface area contributed by atoms with Gasteiger partial charge in [-0.2, -0.15) is 0 Å². The van der Waals surface area contributed by atoms with Crippen molar-refractivity contribution in [3.8, 4) is 11.1 Å². The molecule has 0 radical (unpaired) electrons. The number of aliphatic imine (C=N–C) groups is 1. The second kappa shape index (κ2) is 8.81. The number of benzene rings is 2. The van der Waals surface area contributed by atoms with E-state index in [0.717, 1.165) is 5.56 Å². The Labute approximate surface area is 189 Å². The molecule has 0 spiro atoms. The Morgan fingerprint density at radius 2 is 1.97 bits per heavy atom. The second-order valence-electron chi connectivity index (χ2n) is 7.19. The summed E-state index contributed by atoms with van der Waals surface area (Å²) < 4.78 is 22.2. The maximum absolute atomic E-state index is 14.1. The molecule has 0 N–H and O–H groups in total. The maximum Gasteiger partial charge on any atom is 0.200 e. The highest BCUT2D eigenvalue weighted by Gasteiger charge is 2.25. The van der Waals surface area contributed by atoms with Crippen LogP contribution in [0, 0.1) is 5.82 Å². The summed E-state index contributed by atoms with van der Waals surface area (Å²) in [5.41, 5.74) is 2.32. The smallest absolute Gasteiger partial charge is 0.200 e. The fourth-order valence-electron chi connectivity index (χ4n) is 3.81. The highest BCUT2D eigenvalue weighted by Crippen LogP contribution is 2.33. The molecule has 0 aliphatic heterocycles. The zero-order valence-corrected chi connectivity index (χ0v) is 18.1. The van der Waals surface area contributed by atoms with Gasteiger partial charge in [-0.15, -0.1) is 0 Å². The minimum absolute atomic E-state index is 0.224. The molecule has 0 amide bonds. The summed E-state index contributed by atoms with van der Waals surface area (Å²) in [6.45, 7) is 9.32. The Bertz CT molecular complexity index is 1430. The Balaban J connectivity index is 2.03. The zero-order valence-electron chi connectivity index (χ0n) is 17.4. The van der Waals surface area contributed by atoms with Gasteiger partial charge in [0.05, 0.1) is 22.7 Å². The van der Waals surface area contributed by atoms with Crippen molar-refractivity contribution < 1.29 is 8.81 Å². The topological polar surface area (TPSA) is 47.5 Å². The van der Waals surface area contributed by atoms with Crippen LogP contribution >= 0.6 is 11.6 Å². The van der Waals surface area contributed by atoms with Gasteiger partial charge in [0.25, 0.3) is 0 Å². The summed E-state index contributed by atoms with van der Waals surface area (Å²) in [5, 5.41) is 0.649. The van der Waals surface area contributed by atoms with Gasteiger partial charge in [-0.05, 0) is 42.8 Å². The van der Waals surface area contributed by atoms with E-state index in [9.17, 15) is 9.18 Å². The molecule has 32 heavy (non-hydrogen) atoms. The predicted octanol–water partition coefficient (Wildman–Crippen LogP) is 6.78. The normalized spacial score (nSPS) is 12.7. The van der Waals surface area contributed by atoms with Gasteiger partial charge < -0.3 is 8.98 Å². The predicted molar refractivity (Wildman–Crippen MR) is 129 cm³/mol. The third kappa shape index (κ3) is 3.72. The molecule has 2 heterocycles. The first-order valence-electron chi connectivity index (χ1n) is 9.95. The van der Waals surface area contributed by atoms with E-state index in [4.69, 9.17) is 16.0 Å². The van der Waals surface area contributed by atoms with Gasteiger partial charge in [0.2, 0.25) is 5.43 Å². The van der Waals surface area contributed by atoms with Crippen LogP contribution in [0.1, 0.15) is 30.0 Å². The summed E-state index contributed by atoms with van der Waals surface area (Å²) >= 11 is 6.44. The highest BCUT2D eigenvalue weighted by atomic mass is 35.5. The van der Waals surface area contributed by atoms with Crippen molar-refractivity contribution in [3.63, 3.8) is 0 Å². The van der Waals surface area contributed by atoms with Crippen molar-refractivity contribution in [1.29, 1.82) is 0 Å². The maximum atomic E-state index is 14.1. The molecule has 4 nitrogen and oxygen atoms in total. The Hall–Kier alpha value is -3.70. The molecule has 2 aromatic heterocycles. The Kier molecular flexibility index (Phi) is 5.93. The quantitative estimate of drug-likeness (QED) is 0.306. The molecular formula is C26H20ClFN2O2. The Morgan fingerprint density at radius 3 is 2.69 bits per heavy atom. The van der Waals surface area contributed by atoms with Crippen LogP contribution in [0.25, 0.3) is 28.2 Å². The largest absolute Gasteiger partial charge is 0.458 e. The molecule has 0 saturated heterocycles. The van der Waals surface area contributed by atoms with Gasteiger partial charge in [0.15, 0.2) is 5.17 Å². The van der Waals surface area contributed by atoms with Gasteiger partial charge in [0, 0.05) is 18.0 Å². The number of hydrogen-bond donors (Lipinski definition) is 0. The van der Waals surface area contributed by atoms with Gasteiger partial charge in [0.1, 0.15) is 17.2 Å². The van der Waals surface area contributed by atoms with Crippen molar-refractivity contribution >= 4 is 33.8 Å². The lowest BCUT2D eigenvalue weighted by atomic mass is 9.99. The van der Waals surface area contributed by atoms with Crippen molar-refractivity contribution in [1.82, 2.24) is 4.57 Å². The lowest BCUT2D eigenvalue weighted by Crippen LogP contribution is -2.17. The van der Waals surface area contributed by atoms with E-state index >= 15 is 0 Å². The average Bonchev–Trinajstić information content (AvgIpc) is 3.23. The molecule has 4 aromatic rings. The first-order valence-corrected chi connectivity index (χ1v) is 10.3. The van der Waals surface area contributed by atoms with Crippen LogP contribution in [-0.2, 0) is 0 Å². The van der Waals surface area contributed by atoms with E-state index < -0.39 is 11.9 Å². The van der Waals surface area contributed by atoms with Crippen molar-refractivity contribution in [2.24, 2.45) is 4.99 Å². The van der Waals surface area contributed by atoms with Crippen molar-refractivity contribution in [2.75, 3.05) is 0 Å². The monoisotopic (exact) mass is 446 g/mol. The van der Waals surface area contributed by atoms with E-state index in [0.29, 0.717) is 33.6 Å². The molecular weight excluding hydrogens is 427 g/mol. The number of aromatic nitrogens is 1. The van der Waals surface area contributed by atoms with Crippen LogP contribution in [0.5, 0.6) is 0 Å². The molecule has 0 saturated carbocycles. The van der Waals surface area contributed by atoms with Crippen LogP contribution in [0.4, 0.5) is 4.39 Å². The average molecular weight is 447 g/mol. The summed E-state index contributed by atoms with van der Waals surface area (Å²) in [6, 6.07) is 14.3. The second-order valence-corrected chi connectivity index (χ2v) is 7.54. The van der Waals surface area contributed by atoms with E-state index in [1.165, 1.54) is 18.3 Å². The van der Waals surface area contributed by atoms with Crippen molar-refractivity contribution in [2.45, 2.75) is 13.0 Å². The Morgan fingerprint density at radius 1 is 1.19 bits per heavy atom. The van der Waals surface area contributed by atoms with E-state index in [1.807, 2.05) is 23.8 Å². The summed E-state index contributed by atoms with van der Waals surface area (Å²) in [5.74, 6) is -0.0553. The first-order chi connectivity index (χ1) is 15.5. The molecule has 1 atom stereocenters. The standard InChI is InChI=1S/C26H20ClFN2O2/c1-4-17-13-14-30(23(17)26(27)29-5-2)16(3)25-22(18-9-8-10-19(28)15-18)24(31)20-11-6-7-12-21(20)32-25/h4-16H,1-2H2,3H3. The van der Waals surface area contributed by atoms with Gasteiger partial charge in [-0.1, -0.05) is 55.1 Å². The van der Waals surface area contributed by atoms with Crippen LogP contribution in [0.15, 0.2) is 94.4 Å². The number of rotatable bonds is 6. The molecule has 0 fully saturated rings. The molecule has 1 unspecified atom stereocenters. The number of halogens is 2. The third-order valence-electron chi connectivity index (χ3n) is 5.30. The lowest BCUT2D eigenvalue weighted by molar-refractivity contribution is 0.463. The fraction of sp³-hybridized carbons (Fsp3) is 0.0769. The third-order valence-corrected chi connectivity index (χ3v) is 5.58. The van der Waals surface area contributed by atoms with E-state index in [-0.39, 0.29) is 10.6 Å². The molecule has 160 valence electrons. The molecule has 4 rings (SSSR count). The SMILES string of the molecule is C=CN=C(Cl)c1c(C=C)ccn1C(C)c1oc2ccccc2c(=O)c1-c1cccc(F)c1. The number of fused-ring (bicyclic) bond motifs is 1. The number of para-hydroxylation sites is 1.